The van der Waals surface area contributed by atoms with Gasteiger partial charge in [0.1, 0.15) is 11.4 Å². The quantitative estimate of drug-likeness (QED) is 0.558. The second-order valence-electron chi connectivity index (χ2n) is 5.28. The van der Waals surface area contributed by atoms with E-state index >= 15 is 0 Å². The lowest BCUT2D eigenvalue weighted by atomic mass is 10.1. The first-order valence-corrected chi connectivity index (χ1v) is 8.58. The number of carbonyl (C=O) groups excluding carboxylic acids is 3. The summed E-state index contributed by atoms with van der Waals surface area (Å²) in [5, 5.41) is 0.421. The summed E-state index contributed by atoms with van der Waals surface area (Å²) in [7, 11) is 1.51. The van der Waals surface area contributed by atoms with Crippen LogP contribution in [0.1, 0.15) is 45.2 Å². The number of aromatic nitrogens is 2. The molecule has 2 rings (SSSR count). The van der Waals surface area contributed by atoms with Crippen LogP contribution in [0.4, 0.5) is 0 Å². The van der Waals surface area contributed by atoms with Gasteiger partial charge in [-0.25, -0.2) is 13.9 Å². The van der Waals surface area contributed by atoms with E-state index in [9.17, 15) is 19.2 Å². The molecule has 0 saturated heterocycles. The van der Waals surface area contributed by atoms with E-state index in [-0.39, 0.29) is 23.4 Å². The normalized spacial score (nSPS) is 10.6. The third-order valence-electron chi connectivity index (χ3n) is 3.68. The van der Waals surface area contributed by atoms with E-state index in [1.807, 2.05) is 0 Å². The van der Waals surface area contributed by atoms with Crippen LogP contribution in [0.5, 0.6) is 5.75 Å². The van der Waals surface area contributed by atoms with E-state index in [1.165, 1.54) is 21.0 Å². The molecule has 7 nitrogen and oxygen atoms in total. The molecule has 25 heavy (non-hydrogen) atoms. The Morgan fingerprint density at radius 2 is 1.60 bits per heavy atom. The van der Waals surface area contributed by atoms with Crippen LogP contribution in [-0.4, -0.2) is 39.2 Å². The van der Waals surface area contributed by atoms with Crippen LogP contribution in [0.15, 0.2) is 29.1 Å². The van der Waals surface area contributed by atoms with Gasteiger partial charge in [-0.2, -0.15) is 0 Å². The monoisotopic (exact) mass is 408 g/mol. The Hall–Kier alpha value is -2.48. The molecule has 0 bridgehead atoms. The molecule has 1 aromatic carbocycles. The Labute approximate surface area is 152 Å². The van der Waals surface area contributed by atoms with Gasteiger partial charge in [-0.3, -0.25) is 14.4 Å². The van der Waals surface area contributed by atoms with E-state index in [4.69, 9.17) is 4.74 Å². The number of benzene rings is 1. The van der Waals surface area contributed by atoms with Gasteiger partial charge in [0.15, 0.2) is 0 Å². The van der Waals surface area contributed by atoms with Gasteiger partial charge in [-0.05, 0) is 24.3 Å². The Morgan fingerprint density at radius 1 is 1.04 bits per heavy atom. The number of halogens is 1. The summed E-state index contributed by atoms with van der Waals surface area (Å²) in [5.41, 5.74) is -0.414. The fourth-order valence-corrected chi connectivity index (χ4v) is 2.97. The van der Waals surface area contributed by atoms with Crippen LogP contribution in [0.3, 0.4) is 0 Å². The number of carbonyl (C=O) groups is 3. The molecule has 0 unspecified atom stereocenters. The standard InChI is InChI=1S/C17H17BrN2O5/c1-10(21)19-14(8-9-18)15(20(11(2)22)17(19)24)16(23)12-4-6-13(25-3)7-5-12/h4-7H,8-9H2,1-3H3. The average Bonchev–Trinajstić information content (AvgIpc) is 2.87. The second-order valence-corrected chi connectivity index (χ2v) is 6.08. The maximum absolute atomic E-state index is 13.0. The summed E-state index contributed by atoms with van der Waals surface area (Å²) in [6.45, 7) is 2.39. The first-order valence-electron chi connectivity index (χ1n) is 7.46. The zero-order chi connectivity index (χ0) is 18.7. The Kier molecular flexibility index (Phi) is 5.73. The smallest absolute Gasteiger partial charge is 0.342 e. The molecule has 1 aromatic heterocycles. The Bertz CT molecular complexity index is 893. The van der Waals surface area contributed by atoms with Gasteiger partial charge in [-0.1, -0.05) is 15.9 Å². The summed E-state index contributed by atoms with van der Waals surface area (Å²) in [5.74, 6) is -1.11. The lowest BCUT2D eigenvalue weighted by Gasteiger charge is -2.07. The van der Waals surface area contributed by atoms with Crippen LogP contribution >= 0.6 is 15.9 Å². The molecule has 0 spiro atoms. The van der Waals surface area contributed by atoms with Crippen molar-refractivity contribution >= 4 is 33.5 Å². The predicted molar refractivity (Wildman–Crippen MR) is 95.2 cm³/mol. The molecule has 0 saturated carbocycles. The van der Waals surface area contributed by atoms with Crippen molar-refractivity contribution in [2.24, 2.45) is 0 Å². The summed E-state index contributed by atoms with van der Waals surface area (Å²) in [4.78, 5) is 49.3. The Morgan fingerprint density at radius 3 is 2.04 bits per heavy atom. The first-order chi connectivity index (χ1) is 11.8. The minimum atomic E-state index is -0.826. The fourth-order valence-electron chi connectivity index (χ4n) is 2.59. The molecular weight excluding hydrogens is 392 g/mol. The van der Waals surface area contributed by atoms with Gasteiger partial charge < -0.3 is 4.74 Å². The average molecular weight is 409 g/mol. The highest BCUT2D eigenvalue weighted by molar-refractivity contribution is 9.09. The highest BCUT2D eigenvalue weighted by Crippen LogP contribution is 2.19. The maximum Gasteiger partial charge on any atom is 0.342 e. The van der Waals surface area contributed by atoms with Crippen LogP contribution in [-0.2, 0) is 6.42 Å². The van der Waals surface area contributed by atoms with Crippen LogP contribution in [0, 0.1) is 0 Å². The lowest BCUT2D eigenvalue weighted by Crippen LogP contribution is -2.31. The molecule has 0 atom stereocenters. The topological polar surface area (TPSA) is 87.4 Å². The molecule has 0 aliphatic carbocycles. The zero-order valence-electron chi connectivity index (χ0n) is 14.0. The van der Waals surface area contributed by atoms with Gasteiger partial charge in [0.25, 0.3) is 0 Å². The molecule has 132 valence electrons. The van der Waals surface area contributed by atoms with Crippen LogP contribution in [0.2, 0.25) is 0 Å². The van der Waals surface area contributed by atoms with Crippen molar-refractivity contribution in [3.05, 3.63) is 51.7 Å². The van der Waals surface area contributed by atoms with Gasteiger partial charge >= 0.3 is 5.69 Å². The molecule has 0 N–H and O–H groups in total. The van der Waals surface area contributed by atoms with E-state index in [1.54, 1.807) is 24.3 Å². The zero-order valence-corrected chi connectivity index (χ0v) is 15.6. The number of rotatable bonds is 5. The molecule has 8 heteroatoms. The van der Waals surface area contributed by atoms with E-state index < -0.39 is 23.3 Å². The van der Waals surface area contributed by atoms with Gasteiger partial charge in [0, 0.05) is 31.2 Å². The van der Waals surface area contributed by atoms with Crippen LogP contribution < -0.4 is 10.4 Å². The van der Waals surface area contributed by atoms with Gasteiger partial charge in [0.05, 0.1) is 12.8 Å². The number of alkyl halides is 1. The summed E-state index contributed by atoms with van der Waals surface area (Å²) < 4.78 is 6.69. The second kappa shape index (κ2) is 7.60. The van der Waals surface area contributed by atoms with E-state index in [0.29, 0.717) is 11.1 Å². The molecule has 0 amide bonds. The van der Waals surface area contributed by atoms with Crippen molar-refractivity contribution in [3.8, 4) is 5.75 Å². The van der Waals surface area contributed by atoms with Crippen molar-refractivity contribution in [1.29, 1.82) is 0 Å². The minimum absolute atomic E-state index is 0.0858. The minimum Gasteiger partial charge on any atom is -0.497 e. The third-order valence-corrected chi connectivity index (χ3v) is 4.07. The number of methoxy groups -OCH3 is 1. The molecule has 2 aromatic rings. The molecule has 0 aliphatic rings. The molecule has 1 heterocycles. The lowest BCUT2D eigenvalue weighted by molar-refractivity contribution is 0.0905. The van der Waals surface area contributed by atoms with E-state index in [0.717, 1.165) is 9.13 Å². The number of nitrogens with zero attached hydrogens (tertiary/aromatic N) is 2. The number of imidazole rings is 1. The van der Waals surface area contributed by atoms with Crippen LogP contribution in [0.25, 0.3) is 0 Å². The van der Waals surface area contributed by atoms with Crippen molar-refractivity contribution in [2.45, 2.75) is 20.3 Å². The third kappa shape index (κ3) is 3.48. The fraction of sp³-hybridized carbons (Fsp3) is 0.294. The summed E-state index contributed by atoms with van der Waals surface area (Å²) in [6.07, 6.45) is 0.242. The maximum atomic E-state index is 13.0. The van der Waals surface area contributed by atoms with Crippen molar-refractivity contribution < 1.29 is 19.1 Å². The highest BCUT2D eigenvalue weighted by atomic mass is 79.9. The van der Waals surface area contributed by atoms with Crippen molar-refractivity contribution in [1.82, 2.24) is 9.13 Å². The number of ether oxygens (including phenoxy) is 1. The molecule has 0 aliphatic heterocycles. The predicted octanol–water partition coefficient (Wildman–Crippen LogP) is 2.15. The van der Waals surface area contributed by atoms with Gasteiger partial charge in [0.2, 0.25) is 17.6 Å². The molecular formula is C17H17BrN2O5. The summed E-state index contributed by atoms with van der Waals surface area (Å²) >= 11 is 3.25. The number of hydrogen-bond donors (Lipinski definition) is 0. The largest absolute Gasteiger partial charge is 0.497 e. The van der Waals surface area contributed by atoms with Gasteiger partial charge in [-0.15, -0.1) is 0 Å². The Balaban J connectivity index is 2.74. The number of hydrogen-bond acceptors (Lipinski definition) is 5. The molecule has 0 radical (unpaired) electrons. The highest BCUT2D eigenvalue weighted by Gasteiger charge is 2.29. The van der Waals surface area contributed by atoms with Crippen molar-refractivity contribution in [2.75, 3.05) is 12.4 Å². The van der Waals surface area contributed by atoms with E-state index in [2.05, 4.69) is 15.9 Å². The van der Waals surface area contributed by atoms with Crippen molar-refractivity contribution in [3.63, 3.8) is 0 Å². The number of ketones is 1. The first kappa shape index (κ1) is 18.9. The molecule has 0 fully saturated rings. The SMILES string of the molecule is COc1ccc(C(=O)c2c(CCBr)n(C(C)=O)c(=O)n2C(C)=O)cc1. The summed E-state index contributed by atoms with van der Waals surface area (Å²) in [6, 6.07) is 6.30.